The van der Waals surface area contributed by atoms with Gasteiger partial charge in [-0.15, -0.1) is 0 Å². The van der Waals surface area contributed by atoms with Crippen LogP contribution in [0.2, 0.25) is 0 Å². The van der Waals surface area contributed by atoms with Crippen LogP contribution in [0.5, 0.6) is 0 Å². The molecule has 2 saturated heterocycles. The third kappa shape index (κ3) is 14.3. The van der Waals surface area contributed by atoms with Crippen molar-refractivity contribution < 1.29 is 63.0 Å². The van der Waals surface area contributed by atoms with E-state index in [1.807, 2.05) is 58.1 Å². The second-order valence-corrected chi connectivity index (χ2v) is 19.6. The maximum Gasteiger partial charge on any atom is 0.329 e. The van der Waals surface area contributed by atoms with E-state index in [4.69, 9.17) is 23.7 Å². The molecular weight excluding hydrogens is 835 g/mol. The highest BCUT2D eigenvalue weighted by molar-refractivity contribution is 6.39. The number of fused-ring (bicyclic) bond motifs is 3. The van der Waals surface area contributed by atoms with Crippen LogP contribution in [0.3, 0.4) is 0 Å². The molecule has 4 rings (SSSR count). The number of cyclic esters (lactones) is 1. The molecule has 1 aliphatic carbocycles. The number of amides is 1. The number of methoxy groups -OCH3 is 3. The number of nitrogens with zero attached hydrogens (tertiary/aromatic N) is 1. The lowest BCUT2D eigenvalue weighted by atomic mass is 9.78. The third-order valence-electron chi connectivity index (χ3n) is 14.5. The van der Waals surface area contributed by atoms with Crippen LogP contribution in [0.15, 0.2) is 47.6 Å². The zero-order chi connectivity index (χ0) is 48.2. The summed E-state index contributed by atoms with van der Waals surface area (Å²) in [4.78, 5) is 71.8. The number of hydrogen-bond donors (Lipinski definition) is 3. The van der Waals surface area contributed by atoms with Crippen LogP contribution in [0, 0.1) is 35.5 Å². The van der Waals surface area contributed by atoms with Gasteiger partial charge in [0.05, 0.1) is 24.4 Å². The number of piperidine rings is 1. The number of Topliss-reactive ketones (excluding diaryl/α,β-unsaturated/α-hetero) is 3. The van der Waals surface area contributed by atoms with Gasteiger partial charge in [0.25, 0.3) is 11.7 Å². The van der Waals surface area contributed by atoms with E-state index in [9.17, 15) is 39.3 Å². The van der Waals surface area contributed by atoms with Crippen LogP contribution in [-0.4, -0.2) is 132 Å². The first-order chi connectivity index (χ1) is 30.7. The summed E-state index contributed by atoms with van der Waals surface area (Å²) < 4.78 is 29.4. The quantitative estimate of drug-likeness (QED) is 0.156. The van der Waals surface area contributed by atoms with Crippen LogP contribution in [0.1, 0.15) is 126 Å². The molecule has 65 heavy (non-hydrogen) atoms. The molecule has 1 saturated carbocycles. The second-order valence-electron chi connectivity index (χ2n) is 19.6. The number of aliphatic hydroxyl groups is 3. The third-order valence-corrected chi connectivity index (χ3v) is 14.5. The van der Waals surface area contributed by atoms with Gasteiger partial charge in [0, 0.05) is 58.5 Å². The molecule has 15 atom stereocenters. The fourth-order valence-electron chi connectivity index (χ4n) is 10.1. The van der Waals surface area contributed by atoms with E-state index in [-0.39, 0.29) is 54.8 Å². The summed E-state index contributed by atoms with van der Waals surface area (Å²) in [6.45, 7) is 12.7. The normalized spacial score (nSPS) is 40.4. The van der Waals surface area contributed by atoms with Crippen molar-refractivity contribution in [2.75, 3.05) is 27.9 Å². The van der Waals surface area contributed by atoms with Gasteiger partial charge in [-0.3, -0.25) is 19.2 Å². The first kappa shape index (κ1) is 54.2. The average Bonchev–Trinajstić information content (AvgIpc) is 3.28. The second kappa shape index (κ2) is 25.1. The molecule has 3 aliphatic heterocycles. The minimum absolute atomic E-state index is 0.0193. The first-order valence-corrected chi connectivity index (χ1v) is 23.9. The molecule has 14 nitrogen and oxygen atoms in total. The van der Waals surface area contributed by atoms with Crippen molar-refractivity contribution in [2.45, 2.75) is 180 Å². The number of allylic oxidation sites excluding steroid dienone is 6. The SMILES string of the molecule is COC1C[C@@H]2CC[C@@H](C)[C@@](O)(O2)C(=O)C(=O)N2CCCCC2C(=O)O[C@H]([C@H](C)C[C@@H]2CC[C@@H](O)C(OC)C2)CC(=O)C(C)/C=C(\C)C(O)C(OC)C(=O)[C@H](C)C[C@H](C)/C=C/C=C/C=C/1C. The summed E-state index contributed by atoms with van der Waals surface area (Å²) in [5.74, 6) is -7.96. The highest BCUT2D eigenvalue weighted by Crippen LogP contribution is 2.38. The zero-order valence-corrected chi connectivity index (χ0v) is 40.6. The van der Waals surface area contributed by atoms with Gasteiger partial charge in [0.1, 0.15) is 30.1 Å². The van der Waals surface area contributed by atoms with Crippen molar-refractivity contribution in [1.29, 1.82) is 0 Å². The van der Waals surface area contributed by atoms with E-state index < -0.39 is 83.9 Å². The van der Waals surface area contributed by atoms with Gasteiger partial charge in [-0.05, 0) is 107 Å². The van der Waals surface area contributed by atoms with Gasteiger partial charge < -0.3 is 43.9 Å². The Hall–Kier alpha value is -3.37. The predicted molar refractivity (Wildman–Crippen MR) is 245 cm³/mol. The predicted octanol–water partition coefficient (Wildman–Crippen LogP) is 6.18. The summed E-state index contributed by atoms with van der Waals surface area (Å²) in [5, 5.41) is 33.8. The largest absolute Gasteiger partial charge is 0.460 e. The molecule has 4 aliphatic rings. The number of aliphatic hydroxyl groups excluding tert-OH is 2. The van der Waals surface area contributed by atoms with Crippen LogP contribution >= 0.6 is 0 Å². The monoisotopic (exact) mass is 914 g/mol. The van der Waals surface area contributed by atoms with Crippen molar-refractivity contribution in [3.63, 3.8) is 0 Å². The van der Waals surface area contributed by atoms with E-state index in [1.54, 1.807) is 41.1 Å². The van der Waals surface area contributed by atoms with E-state index >= 15 is 0 Å². The number of hydrogen-bond acceptors (Lipinski definition) is 13. The van der Waals surface area contributed by atoms with Gasteiger partial charge in [0.2, 0.25) is 5.79 Å². The summed E-state index contributed by atoms with van der Waals surface area (Å²) in [6.07, 6.45) is 11.2. The maximum atomic E-state index is 14.4. The molecule has 3 N–H and O–H groups in total. The minimum atomic E-state index is -2.43. The molecule has 0 radical (unpaired) electrons. The van der Waals surface area contributed by atoms with Crippen LogP contribution in [0.25, 0.3) is 0 Å². The Kier molecular flexibility index (Phi) is 21.0. The number of carbonyl (C=O) groups excluding carboxylic acids is 5. The summed E-state index contributed by atoms with van der Waals surface area (Å²) in [5.41, 5.74) is 1.27. The highest BCUT2D eigenvalue weighted by Gasteiger charge is 2.53. The van der Waals surface area contributed by atoms with Gasteiger partial charge in [-0.1, -0.05) is 71.1 Å². The molecule has 6 unspecified atom stereocenters. The fourth-order valence-corrected chi connectivity index (χ4v) is 10.1. The zero-order valence-electron chi connectivity index (χ0n) is 40.6. The molecule has 0 spiro atoms. The van der Waals surface area contributed by atoms with Gasteiger partial charge in [0.15, 0.2) is 5.78 Å². The minimum Gasteiger partial charge on any atom is -0.460 e. The molecular formula is C51H79NO13. The van der Waals surface area contributed by atoms with Crippen molar-refractivity contribution in [2.24, 2.45) is 35.5 Å². The Labute approximate surface area is 387 Å². The molecule has 3 heterocycles. The molecule has 0 aromatic heterocycles. The molecule has 14 heteroatoms. The molecule has 2 bridgehead atoms. The molecule has 0 aromatic rings. The van der Waals surface area contributed by atoms with E-state index in [0.717, 1.165) is 12.0 Å². The molecule has 366 valence electrons. The number of esters is 1. The lowest BCUT2D eigenvalue weighted by molar-refractivity contribution is -0.265. The maximum absolute atomic E-state index is 14.4. The summed E-state index contributed by atoms with van der Waals surface area (Å²) in [6, 6.07) is -1.14. The van der Waals surface area contributed by atoms with Crippen molar-refractivity contribution in [3.05, 3.63) is 47.6 Å². The number of carbonyl (C=O) groups is 5. The lowest BCUT2D eigenvalue weighted by Gasteiger charge is -2.42. The van der Waals surface area contributed by atoms with Crippen molar-refractivity contribution in [1.82, 2.24) is 4.90 Å². The fraction of sp³-hybridized carbons (Fsp3) is 0.745. The van der Waals surface area contributed by atoms with Gasteiger partial charge in [-0.2, -0.15) is 0 Å². The smallest absolute Gasteiger partial charge is 0.329 e. The Morgan fingerprint density at radius 1 is 0.846 bits per heavy atom. The number of ketones is 3. The summed E-state index contributed by atoms with van der Waals surface area (Å²) >= 11 is 0. The highest BCUT2D eigenvalue weighted by atomic mass is 16.6. The van der Waals surface area contributed by atoms with Crippen LogP contribution in [0.4, 0.5) is 0 Å². The van der Waals surface area contributed by atoms with Gasteiger partial charge in [-0.25, -0.2) is 4.79 Å². The number of rotatable bonds is 6. The first-order valence-electron chi connectivity index (χ1n) is 23.9. The molecule has 0 aromatic carbocycles. The Morgan fingerprint density at radius 3 is 2.25 bits per heavy atom. The topological polar surface area (TPSA) is 195 Å². The Morgan fingerprint density at radius 2 is 1.57 bits per heavy atom. The van der Waals surface area contributed by atoms with E-state index in [1.165, 1.54) is 12.0 Å². The molecule has 3 fully saturated rings. The van der Waals surface area contributed by atoms with E-state index in [2.05, 4.69) is 0 Å². The Balaban J connectivity index is 1.70. The van der Waals surface area contributed by atoms with Crippen LogP contribution < -0.4 is 0 Å². The number of ether oxygens (including phenoxy) is 5. The van der Waals surface area contributed by atoms with E-state index in [0.29, 0.717) is 63.4 Å². The standard InChI is InChI=1S/C51H79NO13/c1-30-16-12-11-13-17-31(2)42(61-8)28-38-21-19-36(7)51(60,65-38)48(57)49(58)52-23-15-14-18-39(52)50(59)64-43(33(4)26-37-20-22-40(53)44(27-37)62-9)29-41(54)32(3)25-35(6)46(56)47(63-10)45(55)34(5)24-30/h11-13,16-17,25,30,32-34,36-40,42-44,46-47,53,56,60H,14-15,18-24,26-29H2,1-10H3/b13-11+,16-12+,31-17+,35-25+/t30-,32?,33-,34-,36-,37+,38+,39?,40-,42?,43+,44?,46?,47?,51-/m1/s1. The lowest BCUT2D eigenvalue weighted by Crippen LogP contribution is -2.61. The van der Waals surface area contributed by atoms with Crippen molar-refractivity contribution in [3.8, 4) is 0 Å². The summed E-state index contributed by atoms with van der Waals surface area (Å²) in [7, 11) is 4.52. The van der Waals surface area contributed by atoms with Gasteiger partial charge >= 0.3 is 5.97 Å². The molecule has 1 amide bonds. The average molecular weight is 914 g/mol. The van der Waals surface area contributed by atoms with Crippen molar-refractivity contribution >= 4 is 29.2 Å². The Bertz CT molecular complexity index is 1760. The van der Waals surface area contributed by atoms with Crippen LogP contribution in [-0.2, 0) is 47.7 Å².